The van der Waals surface area contributed by atoms with Gasteiger partial charge in [-0.05, 0) is 12.1 Å². The van der Waals surface area contributed by atoms with E-state index in [0.29, 0.717) is 24.6 Å². The van der Waals surface area contributed by atoms with Gasteiger partial charge in [-0.25, -0.2) is 4.98 Å². The fourth-order valence-corrected chi connectivity index (χ4v) is 1.50. The van der Waals surface area contributed by atoms with Crippen LogP contribution in [0.2, 0.25) is 0 Å². The van der Waals surface area contributed by atoms with Crippen molar-refractivity contribution < 1.29 is 4.79 Å². The first-order valence-electron chi connectivity index (χ1n) is 4.68. The van der Waals surface area contributed by atoms with E-state index in [1.807, 2.05) is 11.0 Å². The van der Waals surface area contributed by atoms with E-state index >= 15 is 0 Å². The van der Waals surface area contributed by atoms with Gasteiger partial charge < -0.3 is 10.2 Å². The van der Waals surface area contributed by atoms with Crippen molar-refractivity contribution in [1.82, 2.24) is 10.3 Å². The van der Waals surface area contributed by atoms with Crippen LogP contribution < -0.4 is 10.2 Å². The molecule has 1 saturated heterocycles. The van der Waals surface area contributed by atoms with Crippen LogP contribution in [-0.4, -0.2) is 30.5 Å². The first-order valence-corrected chi connectivity index (χ1v) is 4.68. The first kappa shape index (κ1) is 9.46. The summed E-state index contributed by atoms with van der Waals surface area (Å²) in [6, 6.07) is 7.20. The molecule has 5 heteroatoms. The zero-order valence-corrected chi connectivity index (χ0v) is 8.10. The van der Waals surface area contributed by atoms with Gasteiger partial charge in [0.15, 0.2) is 0 Å². The molecule has 1 aliphatic rings. The lowest BCUT2D eigenvalue weighted by Gasteiger charge is -2.27. The van der Waals surface area contributed by atoms with Crippen molar-refractivity contribution in [2.45, 2.75) is 0 Å². The van der Waals surface area contributed by atoms with E-state index in [1.165, 1.54) is 0 Å². The summed E-state index contributed by atoms with van der Waals surface area (Å²) in [6.45, 7) is 1.66. The van der Waals surface area contributed by atoms with E-state index in [4.69, 9.17) is 5.26 Å². The van der Waals surface area contributed by atoms with E-state index < -0.39 is 0 Å². The van der Waals surface area contributed by atoms with Crippen LogP contribution >= 0.6 is 0 Å². The van der Waals surface area contributed by atoms with Crippen LogP contribution in [0, 0.1) is 11.3 Å². The average molecular weight is 202 g/mol. The topological polar surface area (TPSA) is 69.0 Å². The summed E-state index contributed by atoms with van der Waals surface area (Å²) in [5, 5.41) is 11.4. The maximum atomic E-state index is 11.2. The Morgan fingerprint density at radius 3 is 3.13 bits per heavy atom. The molecule has 1 N–H and O–H groups in total. The lowest BCUT2D eigenvalue weighted by molar-refractivity contribution is -0.120. The quantitative estimate of drug-likeness (QED) is 0.689. The van der Waals surface area contributed by atoms with Gasteiger partial charge in [0, 0.05) is 13.1 Å². The van der Waals surface area contributed by atoms with E-state index in [9.17, 15) is 4.79 Å². The molecule has 2 rings (SSSR count). The number of carbonyl (C=O) groups excluding carboxylic acids is 1. The van der Waals surface area contributed by atoms with Crippen LogP contribution in [0.3, 0.4) is 0 Å². The summed E-state index contributed by atoms with van der Waals surface area (Å²) in [5.41, 5.74) is 0.374. The lowest BCUT2D eigenvalue weighted by atomic mass is 10.3. The molecule has 0 saturated carbocycles. The van der Waals surface area contributed by atoms with Crippen molar-refractivity contribution in [3.63, 3.8) is 0 Å². The summed E-state index contributed by atoms with van der Waals surface area (Å²) < 4.78 is 0. The summed E-state index contributed by atoms with van der Waals surface area (Å²) >= 11 is 0. The van der Waals surface area contributed by atoms with Gasteiger partial charge in [-0.15, -0.1) is 0 Å². The highest BCUT2D eigenvalue weighted by atomic mass is 16.2. The van der Waals surface area contributed by atoms with Crippen LogP contribution in [0.15, 0.2) is 18.2 Å². The summed E-state index contributed by atoms with van der Waals surface area (Å²) in [6.07, 6.45) is 0. The standard InChI is InChI=1S/C10H10N4O/c11-6-8-2-1-3-9(13-8)14-5-4-12-10(15)7-14/h1-3H,4-5,7H2,(H,12,15). The van der Waals surface area contributed by atoms with Gasteiger partial charge in [-0.3, -0.25) is 4.79 Å². The molecule has 1 amide bonds. The Kier molecular flexibility index (Phi) is 2.50. The van der Waals surface area contributed by atoms with Crippen molar-refractivity contribution in [2.24, 2.45) is 0 Å². The number of hydrogen-bond acceptors (Lipinski definition) is 4. The van der Waals surface area contributed by atoms with Crippen LogP contribution in [-0.2, 0) is 4.79 Å². The summed E-state index contributed by atoms with van der Waals surface area (Å²) in [4.78, 5) is 17.2. The average Bonchev–Trinajstić information content (AvgIpc) is 2.29. The Balaban J connectivity index is 2.21. The largest absolute Gasteiger partial charge is 0.353 e. The molecule has 76 valence electrons. The van der Waals surface area contributed by atoms with E-state index in [-0.39, 0.29) is 5.91 Å². The molecule has 0 aromatic carbocycles. The van der Waals surface area contributed by atoms with E-state index in [0.717, 1.165) is 6.54 Å². The number of nitrogens with one attached hydrogen (secondary N) is 1. The summed E-state index contributed by atoms with van der Waals surface area (Å²) in [5.74, 6) is 0.675. The smallest absolute Gasteiger partial charge is 0.239 e. The third-order valence-corrected chi connectivity index (χ3v) is 2.21. The number of anilines is 1. The molecular formula is C10H10N4O. The zero-order chi connectivity index (χ0) is 10.7. The second-order valence-electron chi connectivity index (χ2n) is 3.26. The Hall–Kier alpha value is -2.09. The highest BCUT2D eigenvalue weighted by Gasteiger charge is 2.17. The molecule has 0 aliphatic carbocycles. The van der Waals surface area contributed by atoms with Gasteiger partial charge in [0.2, 0.25) is 5.91 Å². The molecule has 1 fully saturated rings. The SMILES string of the molecule is N#Cc1cccc(N2CCNC(=O)C2)n1. The summed E-state index contributed by atoms with van der Waals surface area (Å²) in [7, 11) is 0. The van der Waals surface area contributed by atoms with Gasteiger partial charge in [-0.2, -0.15) is 5.26 Å². The molecule has 2 heterocycles. The lowest BCUT2D eigenvalue weighted by Crippen LogP contribution is -2.48. The Labute approximate surface area is 87.3 Å². The third-order valence-electron chi connectivity index (χ3n) is 2.21. The normalized spacial score (nSPS) is 15.7. The molecule has 15 heavy (non-hydrogen) atoms. The molecule has 1 aromatic heterocycles. The number of piperazine rings is 1. The Bertz CT molecular complexity index is 424. The van der Waals surface area contributed by atoms with Crippen molar-refractivity contribution in [2.75, 3.05) is 24.5 Å². The highest BCUT2D eigenvalue weighted by molar-refractivity contribution is 5.82. The first-order chi connectivity index (χ1) is 7.29. The second-order valence-corrected chi connectivity index (χ2v) is 3.26. The van der Waals surface area contributed by atoms with Gasteiger partial charge in [0.1, 0.15) is 17.6 Å². The molecule has 0 spiro atoms. The monoisotopic (exact) mass is 202 g/mol. The fraction of sp³-hybridized carbons (Fsp3) is 0.300. The number of nitriles is 1. The van der Waals surface area contributed by atoms with Crippen LogP contribution in [0.1, 0.15) is 5.69 Å². The maximum Gasteiger partial charge on any atom is 0.239 e. The molecule has 0 radical (unpaired) electrons. The van der Waals surface area contributed by atoms with E-state index in [2.05, 4.69) is 10.3 Å². The van der Waals surface area contributed by atoms with Crippen molar-refractivity contribution >= 4 is 11.7 Å². The minimum atomic E-state index is -0.00888. The fourth-order valence-electron chi connectivity index (χ4n) is 1.50. The number of carbonyl (C=O) groups is 1. The number of amides is 1. The number of rotatable bonds is 1. The number of nitrogens with zero attached hydrogens (tertiary/aromatic N) is 3. The minimum absolute atomic E-state index is 0.00888. The predicted molar refractivity (Wildman–Crippen MR) is 54.2 cm³/mol. The third kappa shape index (κ3) is 2.05. The van der Waals surface area contributed by atoms with Gasteiger partial charge in [0.05, 0.1) is 6.54 Å². The number of aromatic nitrogens is 1. The van der Waals surface area contributed by atoms with Gasteiger partial charge in [-0.1, -0.05) is 6.07 Å². The molecular weight excluding hydrogens is 192 g/mol. The number of hydrogen-bond donors (Lipinski definition) is 1. The van der Waals surface area contributed by atoms with Crippen LogP contribution in [0.4, 0.5) is 5.82 Å². The molecule has 1 aliphatic heterocycles. The molecule has 0 atom stereocenters. The molecule has 0 unspecified atom stereocenters. The Morgan fingerprint density at radius 2 is 2.40 bits per heavy atom. The van der Waals surface area contributed by atoms with Crippen molar-refractivity contribution in [3.8, 4) is 6.07 Å². The van der Waals surface area contributed by atoms with Crippen LogP contribution in [0.5, 0.6) is 0 Å². The molecule has 5 nitrogen and oxygen atoms in total. The molecule has 1 aromatic rings. The predicted octanol–water partition coefficient (Wildman–Crippen LogP) is -0.111. The van der Waals surface area contributed by atoms with Crippen molar-refractivity contribution in [3.05, 3.63) is 23.9 Å². The zero-order valence-electron chi connectivity index (χ0n) is 8.10. The molecule has 0 bridgehead atoms. The Morgan fingerprint density at radius 1 is 1.53 bits per heavy atom. The van der Waals surface area contributed by atoms with Gasteiger partial charge in [0.25, 0.3) is 0 Å². The van der Waals surface area contributed by atoms with Crippen LogP contribution in [0.25, 0.3) is 0 Å². The minimum Gasteiger partial charge on any atom is -0.353 e. The number of pyridine rings is 1. The second kappa shape index (κ2) is 3.96. The highest BCUT2D eigenvalue weighted by Crippen LogP contribution is 2.11. The van der Waals surface area contributed by atoms with E-state index in [1.54, 1.807) is 18.2 Å². The van der Waals surface area contributed by atoms with Gasteiger partial charge >= 0.3 is 0 Å². The maximum absolute atomic E-state index is 11.2. The van der Waals surface area contributed by atoms with Crippen molar-refractivity contribution in [1.29, 1.82) is 5.26 Å².